The molecule has 0 aliphatic carbocycles. The highest BCUT2D eigenvalue weighted by Gasteiger charge is 2.10. The first-order chi connectivity index (χ1) is 7.71. The van der Waals surface area contributed by atoms with Crippen molar-refractivity contribution < 1.29 is 19.3 Å². The summed E-state index contributed by atoms with van der Waals surface area (Å²) in [6.45, 7) is 2.00. The second kappa shape index (κ2) is 6.23. The third kappa shape index (κ3) is 3.31. The van der Waals surface area contributed by atoms with Crippen LogP contribution >= 0.6 is 0 Å². The van der Waals surface area contributed by atoms with Crippen molar-refractivity contribution in [2.45, 2.75) is 19.4 Å². The summed E-state index contributed by atoms with van der Waals surface area (Å²) in [6.07, 6.45) is 0.520. The highest BCUT2D eigenvalue weighted by molar-refractivity contribution is 5.45. The normalized spacial score (nSPS) is 12.0. The molecule has 0 bridgehead atoms. The molecule has 0 heterocycles. The molecule has 1 N–H and O–H groups in total. The van der Waals surface area contributed by atoms with E-state index < -0.39 is 0 Å². The van der Waals surface area contributed by atoms with Crippen molar-refractivity contribution in [2.75, 3.05) is 20.8 Å². The molecule has 1 aromatic rings. The van der Waals surface area contributed by atoms with Gasteiger partial charge in [-0.15, -0.1) is 0 Å². The van der Waals surface area contributed by atoms with Crippen LogP contribution in [0.15, 0.2) is 18.2 Å². The summed E-state index contributed by atoms with van der Waals surface area (Å²) in [5.74, 6) is 2.00. The average molecular weight is 226 g/mol. The molecule has 16 heavy (non-hydrogen) atoms. The number of benzene rings is 1. The van der Waals surface area contributed by atoms with Gasteiger partial charge in [0, 0.05) is 19.1 Å². The number of methoxy groups -OCH3 is 2. The Labute approximate surface area is 95.8 Å². The Morgan fingerprint density at radius 3 is 2.50 bits per heavy atom. The molecule has 0 saturated heterocycles. The second-order valence-corrected chi connectivity index (χ2v) is 3.46. The summed E-state index contributed by atoms with van der Waals surface area (Å²) >= 11 is 0. The molecule has 0 amide bonds. The van der Waals surface area contributed by atoms with Gasteiger partial charge in [0.25, 0.3) is 0 Å². The third-order valence-electron chi connectivity index (χ3n) is 2.23. The smallest absolute Gasteiger partial charge is 0.165 e. The highest BCUT2D eigenvalue weighted by atomic mass is 16.5. The number of rotatable bonds is 6. The summed E-state index contributed by atoms with van der Waals surface area (Å²) in [5, 5.41) is 8.81. The lowest BCUT2D eigenvalue weighted by atomic mass is 10.2. The molecule has 1 aromatic carbocycles. The summed E-state index contributed by atoms with van der Waals surface area (Å²) in [6, 6.07) is 5.37. The van der Waals surface area contributed by atoms with Gasteiger partial charge in [-0.05, 0) is 19.1 Å². The SMILES string of the molecule is COc1ccc(OC)c(OC(C)CCO)c1. The molecule has 0 saturated carbocycles. The monoisotopic (exact) mass is 226 g/mol. The van der Waals surface area contributed by atoms with Gasteiger partial charge in [0.15, 0.2) is 11.5 Å². The van der Waals surface area contributed by atoms with Crippen molar-refractivity contribution in [1.29, 1.82) is 0 Å². The number of hydrogen-bond acceptors (Lipinski definition) is 4. The molecule has 0 aliphatic rings. The van der Waals surface area contributed by atoms with E-state index in [-0.39, 0.29) is 12.7 Å². The molecule has 1 rings (SSSR count). The summed E-state index contributed by atoms with van der Waals surface area (Å²) in [5.41, 5.74) is 0. The van der Waals surface area contributed by atoms with Gasteiger partial charge >= 0.3 is 0 Å². The minimum atomic E-state index is -0.0639. The Morgan fingerprint density at radius 1 is 1.19 bits per heavy atom. The van der Waals surface area contributed by atoms with Crippen LogP contribution in [-0.2, 0) is 0 Å². The zero-order valence-electron chi connectivity index (χ0n) is 9.90. The predicted octanol–water partition coefficient (Wildman–Crippen LogP) is 1.85. The van der Waals surface area contributed by atoms with Crippen LogP contribution in [0.1, 0.15) is 13.3 Å². The van der Waals surface area contributed by atoms with E-state index in [0.29, 0.717) is 23.7 Å². The van der Waals surface area contributed by atoms with Gasteiger partial charge in [0.1, 0.15) is 5.75 Å². The first-order valence-corrected chi connectivity index (χ1v) is 5.20. The first-order valence-electron chi connectivity index (χ1n) is 5.20. The lowest BCUT2D eigenvalue weighted by molar-refractivity contribution is 0.163. The molecular weight excluding hydrogens is 208 g/mol. The maximum Gasteiger partial charge on any atom is 0.165 e. The van der Waals surface area contributed by atoms with Gasteiger partial charge in [-0.2, -0.15) is 0 Å². The quantitative estimate of drug-likeness (QED) is 0.804. The van der Waals surface area contributed by atoms with Crippen molar-refractivity contribution >= 4 is 0 Å². The highest BCUT2D eigenvalue weighted by Crippen LogP contribution is 2.32. The standard InChI is InChI=1S/C12H18O4/c1-9(6-7-13)16-12-8-10(14-2)4-5-11(12)15-3/h4-5,8-9,13H,6-7H2,1-3H3. The molecule has 1 atom stereocenters. The fourth-order valence-corrected chi connectivity index (χ4v) is 1.33. The Morgan fingerprint density at radius 2 is 1.94 bits per heavy atom. The molecule has 0 radical (unpaired) electrons. The lowest BCUT2D eigenvalue weighted by Crippen LogP contribution is -2.13. The van der Waals surface area contributed by atoms with Crippen LogP contribution in [0.2, 0.25) is 0 Å². The van der Waals surface area contributed by atoms with Crippen molar-refractivity contribution in [1.82, 2.24) is 0 Å². The Balaban J connectivity index is 2.82. The zero-order valence-corrected chi connectivity index (χ0v) is 9.90. The van der Waals surface area contributed by atoms with Crippen LogP contribution in [-0.4, -0.2) is 32.0 Å². The Bertz CT molecular complexity index is 325. The minimum Gasteiger partial charge on any atom is -0.497 e. The Hall–Kier alpha value is -1.42. The van der Waals surface area contributed by atoms with E-state index >= 15 is 0 Å². The lowest BCUT2D eigenvalue weighted by Gasteiger charge is -2.16. The molecule has 0 fully saturated rings. The maximum absolute atomic E-state index is 8.81. The van der Waals surface area contributed by atoms with Crippen molar-refractivity contribution in [3.05, 3.63) is 18.2 Å². The van der Waals surface area contributed by atoms with Gasteiger partial charge in [-0.1, -0.05) is 0 Å². The van der Waals surface area contributed by atoms with E-state index in [0.717, 1.165) is 0 Å². The van der Waals surface area contributed by atoms with Crippen LogP contribution in [0.4, 0.5) is 0 Å². The van der Waals surface area contributed by atoms with E-state index in [4.69, 9.17) is 19.3 Å². The summed E-state index contributed by atoms with van der Waals surface area (Å²) < 4.78 is 15.9. The van der Waals surface area contributed by atoms with Crippen molar-refractivity contribution in [3.8, 4) is 17.2 Å². The number of hydrogen-bond donors (Lipinski definition) is 1. The van der Waals surface area contributed by atoms with Crippen molar-refractivity contribution in [2.24, 2.45) is 0 Å². The van der Waals surface area contributed by atoms with Crippen LogP contribution in [0.25, 0.3) is 0 Å². The fourth-order valence-electron chi connectivity index (χ4n) is 1.33. The van der Waals surface area contributed by atoms with Crippen molar-refractivity contribution in [3.63, 3.8) is 0 Å². The van der Waals surface area contributed by atoms with Gasteiger partial charge < -0.3 is 19.3 Å². The van der Waals surface area contributed by atoms with E-state index in [9.17, 15) is 0 Å². The molecule has 1 unspecified atom stereocenters. The van der Waals surface area contributed by atoms with Crippen LogP contribution < -0.4 is 14.2 Å². The minimum absolute atomic E-state index is 0.0639. The average Bonchev–Trinajstić information content (AvgIpc) is 2.29. The van der Waals surface area contributed by atoms with E-state index in [1.807, 2.05) is 13.0 Å². The second-order valence-electron chi connectivity index (χ2n) is 3.46. The summed E-state index contributed by atoms with van der Waals surface area (Å²) in [4.78, 5) is 0. The van der Waals surface area contributed by atoms with Gasteiger partial charge in [0.2, 0.25) is 0 Å². The van der Waals surface area contributed by atoms with E-state index in [1.165, 1.54) is 0 Å². The van der Waals surface area contributed by atoms with Gasteiger partial charge in [-0.25, -0.2) is 0 Å². The zero-order chi connectivity index (χ0) is 12.0. The fraction of sp³-hybridized carbons (Fsp3) is 0.500. The van der Waals surface area contributed by atoms with Gasteiger partial charge in [0.05, 0.1) is 20.3 Å². The molecule has 4 nitrogen and oxygen atoms in total. The molecule has 90 valence electrons. The first kappa shape index (κ1) is 12.6. The number of ether oxygens (including phenoxy) is 3. The molecule has 0 aromatic heterocycles. The topological polar surface area (TPSA) is 47.9 Å². The summed E-state index contributed by atoms with van der Waals surface area (Å²) in [7, 11) is 3.19. The molecule has 0 aliphatic heterocycles. The van der Waals surface area contributed by atoms with E-state index in [2.05, 4.69) is 0 Å². The van der Waals surface area contributed by atoms with Gasteiger partial charge in [-0.3, -0.25) is 0 Å². The molecular formula is C12H18O4. The Kier molecular flexibility index (Phi) is 4.92. The molecule has 0 spiro atoms. The third-order valence-corrected chi connectivity index (χ3v) is 2.23. The number of aliphatic hydroxyl groups is 1. The van der Waals surface area contributed by atoms with Crippen LogP contribution in [0.5, 0.6) is 17.2 Å². The van der Waals surface area contributed by atoms with Crippen LogP contribution in [0, 0.1) is 0 Å². The molecule has 4 heteroatoms. The van der Waals surface area contributed by atoms with Crippen LogP contribution in [0.3, 0.4) is 0 Å². The predicted molar refractivity (Wildman–Crippen MR) is 61.3 cm³/mol. The number of aliphatic hydroxyl groups excluding tert-OH is 1. The maximum atomic E-state index is 8.81. The van der Waals surface area contributed by atoms with E-state index in [1.54, 1.807) is 26.4 Å². The largest absolute Gasteiger partial charge is 0.497 e.